The van der Waals surface area contributed by atoms with Gasteiger partial charge < -0.3 is 19.4 Å². The molecule has 3 rings (SSSR count). The molecule has 1 amide bonds. The highest BCUT2D eigenvalue weighted by molar-refractivity contribution is 6.06. The summed E-state index contributed by atoms with van der Waals surface area (Å²) in [7, 11) is 1.31. The van der Waals surface area contributed by atoms with E-state index in [0.717, 1.165) is 25.7 Å². The Bertz CT molecular complexity index is 744. The molecule has 1 saturated carbocycles. The van der Waals surface area contributed by atoms with E-state index >= 15 is 0 Å². The number of carbonyl (C=O) groups excluding carboxylic acids is 3. The number of esters is 1. The van der Waals surface area contributed by atoms with E-state index in [1.54, 1.807) is 25.7 Å². The lowest BCUT2D eigenvalue weighted by Gasteiger charge is -2.31. The van der Waals surface area contributed by atoms with Crippen LogP contribution in [-0.4, -0.2) is 60.0 Å². The molecule has 2 atom stereocenters. The lowest BCUT2D eigenvalue weighted by Crippen LogP contribution is -2.47. The second-order valence-electron chi connectivity index (χ2n) is 7.56. The van der Waals surface area contributed by atoms with Crippen molar-refractivity contribution in [2.45, 2.75) is 58.6 Å². The Morgan fingerprint density at radius 2 is 1.96 bits per heavy atom. The van der Waals surface area contributed by atoms with Gasteiger partial charge in [0.25, 0.3) is 0 Å². The van der Waals surface area contributed by atoms with Gasteiger partial charge in [0.05, 0.1) is 19.3 Å². The summed E-state index contributed by atoms with van der Waals surface area (Å²) in [6.45, 7) is 6.39. The largest absolute Gasteiger partial charge is 0.464 e. The maximum absolute atomic E-state index is 13.3. The van der Waals surface area contributed by atoms with Gasteiger partial charge in [-0.25, -0.2) is 4.79 Å². The van der Waals surface area contributed by atoms with Crippen molar-refractivity contribution in [2.24, 2.45) is 5.92 Å². The predicted molar refractivity (Wildman–Crippen MR) is 98.8 cm³/mol. The van der Waals surface area contributed by atoms with E-state index in [1.807, 2.05) is 0 Å². The van der Waals surface area contributed by atoms with Crippen molar-refractivity contribution < 1.29 is 23.9 Å². The average Bonchev–Trinajstić information content (AvgIpc) is 3.30. The number of H-pyrrole nitrogens is 1. The van der Waals surface area contributed by atoms with Crippen molar-refractivity contribution in [3.63, 3.8) is 0 Å². The van der Waals surface area contributed by atoms with Crippen molar-refractivity contribution >= 4 is 17.7 Å². The minimum Gasteiger partial charge on any atom is -0.464 e. The number of aromatic amines is 1. The number of carbonyl (C=O) groups is 3. The quantitative estimate of drug-likeness (QED) is 0.583. The SMILES string of the molecule is COC(=O)c1[nH]c(C)c(C(=O)[C@@H](C)N(C[C@@H]2CCCO2)C(=O)C2CC2)c1C. The van der Waals surface area contributed by atoms with Gasteiger partial charge in [-0.05, 0) is 52.0 Å². The summed E-state index contributed by atoms with van der Waals surface area (Å²) in [6.07, 6.45) is 3.65. The molecule has 0 unspecified atom stereocenters. The number of ketones is 1. The molecule has 0 bridgehead atoms. The molecule has 1 aliphatic heterocycles. The minimum absolute atomic E-state index is 0.0120. The second-order valence-corrected chi connectivity index (χ2v) is 7.56. The number of nitrogens with one attached hydrogen (secondary N) is 1. The normalized spacial score (nSPS) is 20.4. The standard InChI is InChI=1S/C20H28N2O5/c1-11-16(12(2)21-17(11)20(25)26-4)18(23)13(3)22(19(24)14-7-8-14)10-15-6-5-9-27-15/h13-15,21H,5-10H2,1-4H3/t13-,15+/m1/s1. The van der Waals surface area contributed by atoms with E-state index < -0.39 is 12.0 Å². The Labute approximate surface area is 159 Å². The van der Waals surface area contributed by atoms with E-state index in [0.29, 0.717) is 30.0 Å². The van der Waals surface area contributed by atoms with Gasteiger partial charge in [0.2, 0.25) is 5.91 Å². The van der Waals surface area contributed by atoms with Crippen molar-refractivity contribution in [1.29, 1.82) is 0 Å². The van der Waals surface area contributed by atoms with Gasteiger partial charge in [-0.3, -0.25) is 9.59 Å². The van der Waals surface area contributed by atoms with Crippen LogP contribution < -0.4 is 0 Å². The molecule has 2 fully saturated rings. The van der Waals surface area contributed by atoms with E-state index in [2.05, 4.69) is 4.98 Å². The molecule has 1 aromatic rings. The number of Topliss-reactive ketones (excluding diaryl/α,β-unsaturated/α-hetero) is 1. The fourth-order valence-corrected chi connectivity index (χ4v) is 3.79. The van der Waals surface area contributed by atoms with Gasteiger partial charge in [0.15, 0.2) is 5.78 Å². The Morgan fingerprint density at radius 1 is 1.26 bits per heavy atom. The number of rotatable bonds is 7. The topological polar surface area (TPSA) is 88.7 Å². The molecule has 0 radical (unpaired) electrons. The van der Waals surface area contributed by atoms with Gasteiger partial charge in [-0.1, -0.05) is 0 Å². The molecular weight excluding hydrogens is 348 g/mol. The van der Waals surface area contributed by atoms with Crippen LogP contribution in [0, 0.1) is 19.8 Å². The molecule has 1 N–H and O–H groups in total. The summed E-state index contributed by atoms with van der Waals surface area (Å²) in [5.74, 6) is -0.609. The molecule has 0 spiro atoms. The van der Waals surface area contributed by atoms with Crippen LogP contribution >= 0.6 is 0 Å². The highest BCUT2D eigenvalue weighted by atomic mass is 16.5. The maximum atomic E-state index is 13.3. The minimum atomic E-state index is -0.610. The van der Waals surface area contributed by atoms with Crippen LogP contribution in [-0.2, 0) is 14.3 Å². The number of hydrogen-bond donors (Lipinski definition) is 1. The third-order valence-corrected chi connectivity index (χ3v) is 5.55. The highest BCUT2D eigenvalue weighted by Gasteiger charge is 2.39. The summed E-state index contributed by atoms with van der Waals surface area (Å²) < 4.78 is 10.5. The molecule has 2 heterocycles. The van der Waals surface area contributed by atoms with Crippen molar-refractivity contribution in [3.8, 4) is 0 Å². The van der Waals surface area contributed by atoms with Crippen LogP contribution in [0.3, 0.4) is 0 Å². The fourth-order valence-electron chi connectivity index (χ4n) is 3.79. The third-order valence-electron chi connectivity index (χ3n) is 5.55. The fraction of sp³-hybridized carbons (Fsp3) is 0.650. The first-order valence-corrected chi connectivity index (χ1v) is 9.58. The summed E-state index contributed by atoms with van der Waals surface area (Å²) in [6, 6.07) is -0.610. The summed E-state index contributed by atoms with van der Waals surface area (Å²) in [5.41, 5.74) is 1.92. The van der Waals surface area contributed by atoms with Crippen LogP contribution in [0.2, 0.25) is 0 Å². The van der Waals surface area contributed by atoms with Gasteiger partial charge in [-0.15, -0.1) is 0 Å². The van der Waals surface area contributed by atoms with Crippen LogP contribution in [0.25, 0.3) is 0 Å². The summed E-state index contributed by atoms with van der Waals surface area (Å²) in [5, 5.41) is 0. The number of aryl methyl sites for hydroxylation is 1. The molecule has 1 aliphatic carbocycles. The van der Waals surface area contributed by atoms with Crippen molar-refractivity contribution in [3.05, 3.63) is 22.5 Å². The number of methoxy groups -OCH3 is 1. The number of hydrogen-bond acceptors (Lipinski definition) is 5. The van der Waals surface area contributed by atoms with Crippen LogP contribution in [0.15, 0.2) is 0 Å². The Hall–Kier alpha value is -2.15. The van der Waals surface area contributed by atoms with Gasteiger partial charge in [-0.2, -0.15) is 0 Å². The van der Waals surface area contributed by atoms with Crippen LogP contribution in [0.5, 0.6) is 0 Å². The first kappa shape index (κ1) is 19.6. The lowest BCUT2D eigenvalue weighted by atomic mass is 9.99. The van der Waals surface area contributed by atoms with E-state index in [9.17, 15) is 14.4 Å². The molecule has 148 valence electrons. The molecule has 27 heavy (non-hydrogen) atoms. The second kappa shape index (κ2) is 7.84. The zero-order chi connectivity index (χ0) is 19.7. The van der Waals surface area contributed by atoms with Crippen LogP contribution in [0.1, 0.15) is 64.7 Å². The molecule has 1 aromatic heterocycles. The Balaban J connectivity index is 1.85. The zero-order valence-electron chi connectivity index (χ0n) is 16.5. The molecule has 1 saturated heterocycles. The lowest BCUT2D eigenvalue weighted by molar-refractivity contribution is -0.135. The van der Waals surface area contributed by atoms with E-state index in [1.165, 1.54) is 7.11 Å². The zero-order valence-corrected chi connectivity index (χ0v) is 16.5. The Kier molecular flexibility index (Phi) is 5.69. The number of ether oxygens (including phenoxy) is 2. The smallest absolute Gasteiger partial charge is 0.354 e. The molecule has 7 nitrogen and oxygen atoms in total. The first-order valence-electron chi connectivity index (χ1n) is 9.58. The van der Waals surface area contributed by atoms with Crippen molar-refractivity contribution in [2.75, 3.05) is 20.3 Å². The molecule has 7 heteroatoms. The van der Waals surface area contributed by atoms with Crippen molar-refractivity contribution in [1.82, 2.24) is 9.88 Å². The molecule has 2 aliphatic rings. The summed E-state index contributed by atoms with van der Waals surface area (Å²) >= 11 is 0. The van der Waals surface area contributed by atoms with Gasteiger partial charge >= 0.3 is 5.97 Å². The average molecular weight is 376 g/mol. The summed E-state index contributed by atoms with van der Waals surface area (Å²) in [4.78, 5) is 42.7. The number of nitrogens with zero attached hydrogens (tertiary/aromatic N) is 1. The first-order chi connectivity index (χ1) is 12.8. The molecule has 0 aromatic carbocycles. The third kappa shape index (κ3) is 3.93. The van der Waals surface area contributed by atoms with Gasteiger partial charge in [0.1, 0.15) is 5.69 Å². The molecular formula is C20H28N2O5. The van der Waals surface area contributed by atoms with Gasteiger partial charge in [0, 0.05) is 30.3 Å². The predicted octanol–water partition coefficient (Wildman–Crippen LogP) is 2.41. The number of amides is 1. The van der Waals surface area contributed by atoms with E-state index in [-0.39, 0.29) is 29.4 Å². The number of aromatic nitrogens is 1. The Morgan fingerprint density at radius 3 is 2.52 bits per heavy atom. The monoisotopic (exact) mass is 376 g/mol. The van der Waals surface area contributed by atoms with Crippen LogP contribution in [0.4, 0.5) is 0 Å². The highest BCUT2D eigenvalue weighted by Crippen LogP contribution is 2.33. The van der Waals surface area contributed by atoms with E-state index in [4.69, 9.17) is 9.47 Å². The maximum Gasteiger partial charge on any atom is 0.354 e.